The quantitative estimate of drug-likeness (QED) is 0.833. The van der Waals surface area contributed by atoms with Gasteiger partial charge in [-0.2, -0.15) is 9.97 Å². The highest BCUT2D eigenvalue weighted by atomic mass is 19.1. The van der Waals surface area contributed by atoms with E-state index >= 15 is 0 Å². The number of carbonyl (C=O) groups excluding carboxylic acids is 1. The van der Waals surface area contributed by atoms with Gasteiger partial charge in [-0.25, -0.2) is 8.78 Å². The Kier molecular flexibility index (Phi) is 4.52. The molecule has 2 aliphatic rings. The Morgan fingerprint density at radius 2 is 1.71 bits per heavy atom. The van der Waals surface area contributed by atoms with E-state index in [1.807, 2.05) is 0 Å². The van der Waals surface area contributed by atoms with Gasteiger partial charge in [-0.05, 0) is 30.5 Å². The second-order valence-electron chi connectivity index (χ2n) is 7.70. The van der Waals surface area contributed by atoms with Gasteiger partial charge >= 0.3 is 0 Å². The van der Waals surface area contributed by atoms with Crippen LogP contribution in [-0.4, -0.2) is 40.4 Å². The second-order valence-corrected chi connectivity index (χ2v) is 7.70. The molecule has 1 amide bonds. The van der Waals surface area contributed by atoms with Crippen LogP contribution in [0.2, 0.25) is 0 Å². The summed E-state index contributed by atoms with van der Waals surface area (Å²) >= 11 is 0. The standard InChI is InChI=1S/C19H22F2N6O/c20-13-5-12(6-14(21)7-13)10-27-11-19(9-17(27)28)1-3-26(4-2-19)16-8-15(22)24-18(23)25-16/h5-8H,1-4,9-11H2,(H4,22,23,24,25). The van der Waals surface area contributed by atoms with Crippen molar-refractivity contribution in [2.24, 2.45) is 5.41 Å². The lowest BCUT2D eigenvalue weighted by molar-refractivity contribution is -0.128. The monoisotopic (exact) mass is 388 g/mol. The van der Waals surface area contributed by atoms with Crippen molar-refractivity contribution < 1.29 is 13.6 Å². The molecule has 0 saturated carbocycles. The predicted octanol–water partition coefficient (Wildman–Crippen LogP) is 1.94. The number of likely N-dealkylation sites (tertiary alicyclic amines) is 1. The molecule has 0 radical (unpaired) electrons. The third-order valence-electron chi connectivity index (χ3n) is 5.60. The summed E-state index contributed by atoms with van der Waals surface area (Å²) in [6, 6.07) is 5.07. The molecule has 28 heavy (non-hydrogen) atoms. The maximum atomic E-state index is 13.4. The van der Waals surface area contributed by atoms with Crippen molar-refractivity contribution in [1.82, 2.24) is 14.9 Å². The van der Waals surface area contributed by atoms with Crippen LogP contribution in [0, 0.1) is 17.0 Å². The Bertz CT molecular complexity index is 873. The Morgan fingerprint density at radius 1 is 1.04 bits per heavy atom. The van der Waals surface area contributed by atoms with Gasteiger partial charge in [0.2, 0.25) is 11.9 Å². The number of benzene rings is 1. The lowest BCUT2D eigenvalue weighted by atomic mass is 9.77. The van der Waals surface area contributed by atoms with Gasteiger partial charge in [0.15, 0.2) is 0 Å². The van der Waals surface area contributed by atoms with E-state index < -0.39 is 11.6 Å². The molecule has 2 aliphatic heterocycles. The molecule has 0 bridgehead atoms. The van der Waals surface area contributed by atoms with Crippen LogP contribution in [0.1, 0.15) is 24.8 Å². The summed E-state index contributed by atoms with van der Waals surface area (Å²) < 4.78 is 26.9. The average Bonchev–Trinajstić information content (AvgIpc) is 2.88. The van der Waals surface area contributed by atoms with E-state index in [1.54, 1.807) is 11.0 Å². The summed E-state index contributed by atoms with van der Waals surface area (Å²) in [4.78, 5) is 24.4. The number of nitrogens with zero attached hydrogens (tertiary/aromatic N) is 4. The van der Waals surface area contributed by atoms with Crippen LogP contribution >= 0.6 is 0 Å². The minimum atomic E-state index is -0.631. The number of rotatable bonds is 3. The molecule has 7 nitrogen and oxygen atoms in total. The van der Waals surface area contributed by atoms with Crippen LogP contribution < -0.4 is 16.4 Å². The van der Waals surface area contributed by atoms with Crippen molar-refractivity contribution in [2.75, 3.05) is 36.0 Å². The van der Waals surface area contributed by atoms with Gasteiger partial charge in [0, 0.05) is 50.1 Å². The molecule has 0 aliphatic carbocycles. The van der Waals surface area contributed by atoms with E-state index in [9.17, 15) is 13.6 Å². The molecule has 0 unspecified atom stereocenters. The molecule has 1 aromatic carbocycles. The lowest BCUT2D eigenvalue weighted by Crippen LogP contribution is -2.42. The zero-order valence-electron chi connectivity index (χ0n) is 15.4. The van der Waals surface area contributed by atoms with E-state index in [0.717, 1.165) is 32.0 Å². The molecule has 9 heteroatoms. The van der Waals surface area contributed by atoms with Crippen LogP contribution in [0.25, 0.3) is 0 Å². The minimum absolute atomic E-state index is 0.0219. The summed E-state index contributed by atoms with van der Waals surface area (Å²) in [6.07, 6.45) is 2.08. The molecule has 3 heterocycles. The minimum Gasteiger partial charge on any atom is -0.383 e. The summed E-state index contributed by atoms with van der Waals surface area (Å²) in [5.41, 5.74) is 11.8. The summed E-state index contributed by atoms with van der Waals surface area (Å²) in [7, 11) is 0. The molecule has 2 aromatic rings. The molecule has 148 valence electrons. The predicted molar refractivity (Wildman–Crippen MR) is 101 cm³/mol. The first-order chi connectivity index (χ1) is 13.3. The topological polar surface area (TPSA) is 101 Å². The maximum Gasteiger partial charge on any atom is 0.223 e. The van der Waals surface area contributed by atoms with Crippen molar-refractivity contribution in [2.45, 2.75) is 25.8 Å². The summed E-state index contributed by atoms with van der Waals surface area (Å²) in [6.45, 7) is 2.26. The molecular formula is C19H22F2N6O. The zero-order chi connectivity index (χ0) is 19.9. The largest absolute Gasteiger partial charge is 0.383 e. The number of hydrogen-bond acceptors (Lipinski definition) is 6. The van der Waals surface area contributed by atoms with E-state index in [0.29, 0.717) is 30.2 Å². The molecule has 1 aromatic heterocycles. The average molecular weight is 388 g/mol. The van der Waals surface area contributed by atoms with Crippen LogP contribution in [-0.2, 0) is 11.3 Å². The number of anilines is 3. The van der Waals surface area contributed by atoms with Gasteiger partial charge in [-0.1, -0.05) is 0 Å². The number of amides is 1. The van der Waals surface area contributed by atoms with E-state index in [2.05, 4.69) is 14.9 Å². The summed E-state index contributed by atoms with van der Waals surface area (Å²) in [5, 5.41) is 0. The Morgan fingerprint density at radius 3 is 2.36 bits per heavy atom. The van der Waals surface area contributed by atoms with Crippen LogP contribution in [0.15, 0.2) is 24.3 Å². The maximum absolute atomic E-state index is 13.4. The van der Waals surface area contributed by atoms with Gasteiger partial charge in [-0.15, -0.1) is 0 Å². The highest BCUT2D eigenvalue weighted by molar-refractivity contribution is 5.79. The third-order valence-corrected chi connectivity index (χ3v) is 5.60. The van der Waals surface area contributed by atoms with Crippen molar-refractivity contribution in [3.05, 3.63) is 41.5 Å². The summed E-state index contributed by atoms with van der Waals surface area (Å²) in [5.74, 6) is -0.0850. The van der Waals surface area contributed by atoms with Crippen LogP contribution in [0.4, 0.5) is 26.4 Å². The van der Waals surface area contributed by atoms with Gasteiger partial charge in [0.1, 0.15) is 23.3 Å². The molecule has 2 fully saturated rings. The van der Waals surface area contributed by atoms with Crippen molar-refractivity contribution in [3.8, 4) is 0 Å². The smallest absolute Gasteiger partial charge is 0.223 e. The van der Waals surface area contributed by atoms with E-state index in [1.165, 1.54) is 12.1 Å². The van der Waals surface area contributed by atoms with Gasteiger partial charge in [0.05, 0.1) is 0 Å². The third kappa shape index (κ3) is 3.69. The highest BCUT2D eigenvalue weighted by Crippen LogP contribution is 2.42. The van der Waals surface area contributed by atoms with Crippen molar-refractivity contribution >= 4 is 23.5 Å². The number of carbonyl (C=O) groups is 1. The molecule has 0 atom stereocenters. The molecule has 4 N–H and O–H groups in total. The zero-order valence-corrected chi connectivity index (χ0v) is 15.4. The fourth-order valence-corrected chi connectivity index (χ4v) is 4.23. The van der Waals surface area contributed by atoms with Gasteiger partial charge in [-0.3, -0.25) is 4.79 Å². The number of nitrogens with two attached hydrogens (primary N) is 2. The number of halogens is 2. The Labute approximate surface area is 161 Å². The number of piperidine rings is 1. The van der Waals surface area contributed by atoms with Crippen LogP contribution in [0.5, 0.6) is 0 Å². The first-order valence-electron chi connectivity index (χ1n) is 9.20. The number of nitrogen functional groups attached to an aromatic ring is 2. The van der Waals surface area contributed by atoms with E-state index in [4.69, 9.17) is 11.5 Å². The Balaban J connectivity index is 1.42. The first kappa shape index (κ1) is 18.4. The number of hydrogen-bond donors (Lipinski definition) is 2. The molecule has 4 rings (SSSR count). The van der Waals surface area contributed by atoms with E-state index in [-0.39, 0.29) is 23.8 Å². The fourth-order valence-electron chi connectivity index (χ4n) is 4.23. The lowest BCUT2D eigenvalue weighted by Gasteiger charge is -2.39. The highest BCUT2D eigenvalue weighted by Gasteiger charge is 2.45. The molecule has 1 spiro atoms. The Hall–Kier alpha value is -2.97. The SMILES string of the molecule is Nc1cc(N2CCC3(CC2)CC(=O)N(Cc2cc(F)cc(F)c2)C3)nc(N)n1. The van der Waals surface area contributed by atoms with Gasteiger partial charge in [0.25, 0.3) is 0 Å². The van der Waals surface area contributed by atoms with Crippen molar-refractivity contribution in [3.63, 3.8) is 0 Å². The van der Waals surface area contributed by atoms with Crippen LogP contribution in [0.3, 0.4) is 0 Å². The second kappa shape index (κ2) is 6.88. The normalized spacial score (nSPS) is 18.9. The molecular weight excluding hydrogens is 366 g/mol. The fraction of sp³-hybridized carbons (Fsp3) is 0.421. The molecule has 2 saturated heterocycles. The number of aromatic nitrogens is 2. The van der Waals surface area contributed by atoms with Gasteiger partial charge < -0.3 is 21.3 Å². The first-order valence-corrected chi connectivity index (χ1v) is 9.20. The van der Waals surface area contributed by atoms with Crippen molar-refractivity contribution in [1.29, 1.82) is 0 Å².